The predicted octanol–water partition coefficient (Wildman–Crippen LogP) is 4.08. The molecule has 0 heterocycles. The van der Waals surface area contributed by atoms with Crippen LogP contribution in [0.25, 0.3) is 12.2 Å². The van der Waals surface area contributed by atoms with E-state index in [1.165, 1.54) is 0 Å². The second-order valence-electron chi connectivity index (χ2n) is 4.93. The Morgan fingerprint density at radius 2 is 1.62 bits per heavy atom. The van der Waals surface area contributed by atoms with E-state index in [-0.39, 0.29) is 0 Å². The molecule has 0 amide bonds. The van der Waals surface area contributed by atoms with Gasteiger partial charge in [0.25, 0.3) is 0 Å². The fraction of sp³-hybridized carbons (Fsp3) is 0.200. The van der Waals surface area contributed by atoms with Gasteiger partial charge in [0, 0.05) is 18.6 Å². The number of ether oxygens (including phenoxy) is 2. The summed E-state index contributed by atoms with van der Waals surface area (Å²) in [5.74, 6) is -1.28. The van der Waals surface area contributed by atoms with E-state index in [0.717, 1.165) is 35.3 Å². The van der Waals surface area contributed by atoms with Crippen LogP contribution in [0.3, 0.4) is 0 Å². The van der Waals surface area contributed by atoms with E-state index in [4.69, 9.17) is 9.47 Å². The topological polar surface area (TPSA) is 52.6 Å². The Kier molecular flexibility index (Phi) is 7.99. The Labute approximate surface area is 142 Å². The minimum Gasteiger partial charge on any atom is -0.422 e. The third-order valence-corrected chi connectivity index (χ3v) is 3.37. The smallest absolute Gasteiger partial charge is 0.333 e. The van der Waals surface area contributed by atoms with E-state index in [1.54, 1.807) is 12.2 Å². The summed E-state index contributed by atoms with van der Waals surface area (Å²) in [6.07, 6.45) is 6.40. The van der Waals surface area contributed by atoms with Crippen LogP contribution < -0.4 is 0 Å². The molecule has 1 aromatic rings. The Bertz CT molecular complexity index is 621. The largest absolute Gasteiger partial charge is 0.422 e. The maximum absolute atomic E-state index is 11.3. The number of rotatable bonds is 10. The lowest BCUT2D eigenvalue weighted by Crippen LogP contribution is -2.23. The molecule has 0 aliphatic carbocycles. The lowest BCUT2D eigenvalue weighted by Gasteiger charge is -2.17. The molecule has 126 valence electrons. The van der Waals surface area contributed by atoms with Crippen molar-refractivity contribution in [1.29, 1.82) is 0 Å². The van der Waals surface area contributed by atoms with Gasteiger partial charge in [0.1, 0.15) is 0 Å². The van der Waals surface area contributed by atoms with E-state index in [1.807, 2.05) is 18.2 Å². The zero-order chi connectivity index (χ0) is 17.9. The van der Waals surface area contributed by atoms with Gasteiger partial charge in [0.2, 0.25) is 6.29 Å². The Morgan fingerprint density at radius 1 is 1.00 bits per heavy atom. The fourth-order valence-electron chi connectivity index (χ4n) is 2.23. The van der Waals surface area contributed by atoms with Gasteiger partial charge in [0.05, 0.1) is 0 Å². The van der Waals surface area contributed by atoms with Crippen molar-refractivity contribution < 1.29 is 19.1 Å². The summed E-state index contributed by atoms with van der Waals surface area (Å²) in [6.45, 7) is 14.3. The van der Waals surface area contributed by atoms with Crippen molar-refractivity contribution in [2.75, 3.05) is 0 Å². The van der Waals surface area contributed by atoms with Gasteiger partial charge >= 0.3 is 11.9 Å². The lowest BCUT2D eigenvalue weighted by molar-refractivity contribution is -0.181. The van der Waals surface area contributed by atoms with Crippen LogP contribution in [-0.2, 0) is 25.5 Å². The van der Waals surface area contributed by atoms with Gasteiger partial charge in [-0.25, -0.2) is 9.59 Å². The summed E-state index contributed by atoms with van der Waals surface area (Å²) in [5, 5.41) is 0. The molecular weight excluding hydrogens is 304 g/mol. The Morgan fingerprint density at radius 3 is 2.12 bits per heavy atom. The average Bonchev–Trinajstić information content (AvgIpc) is 2.60. The summed E-state index contributed by atoms with van der Waals surface area (Å²) >= 11 is 0. The van der Waals surface area contributed by atoms with Crippen molar-refractivity contribution in [2.24, 2.45) is 0 Å². The standard InChI is InChI=1S/C20H22O4/c1-5-15-11-9-12-16(17(15)6-2)13-10-14-20(23-18(21)7-3)24-19(22)8-4/h5-9,11-12,20H,1-4,10,13-14H2. The Hall–Kier alpha value is -2.88. The first-order chi connectivity index (χ1) is 11.5. The molecule has 0 radical (unpaired) electrons. The van der Waals surface area contributed by atoms with Gasteiger partial charge in [-0.2, -0.15) is 0 Å². The summed E-state index contributed by atoms with van der Waals surface area (Å²) in [6, 6.07) is 5.92. The van der Waals surface area contributed by atoms with E-state index in [2.05, 4.69) is 26.3 Å². The van der Waals surface area contributed by atoms with Crippen molar-refractivity contribution in [3.63, 3.8) is 0 Å². The van der Waals surface area contributed by atoms with Crippen LogP contribution in [0.4, 0.5) is 0 Å². The number of benzene rings is 1. The molecule has 0 saturated carbocycles. The molecule has 0 N–H and O–H groups in total. The Balaban J connectivity index is 2.73. The normalized spacial score (nSPS) is 9.88. The van der Waals surface area contributed by atoms with Gasteiger partial charge in [-0.15, -0.1) is 0 Å². The van der Waals surface area contributed by atoms with Crippen LogP contribution in [0.1, 0.15) is 29.5 Å². The van der Waals surface area contributed by atoms with Gasteiger partial charge in [-0.3, -0.25) is 0 Å². The molecule has 1 rings (SSSR count). The van der Waals surface area contributed by atoms with Crippen LogP contribution in [0.2, 0.25) is 0 Å². The molecule has 0 unspecified atom stereocenters. The molecule has 0 aromatic heterocycles. The predicted molar refractivity (Wildman–Crippen MR) is 95.9 cm³/mol. The maximum atomic E-state index is 11.3. The molecule has 0 aliphatic heterocycles. The van der Waals surface area contributed by atoms with Crippen molar-refractivity contribution >= 4 is 24.1 Å². The van der Waals surface area contributed by atoms with Crippen LogP contribution in [0.5, 0.6) is 0 Å². The molecule has 4 heteroatoms. The maximum Gasteiger partial charge on any atom is 0.333 e. The number of hydrogen-bond acceptors (Lipinski definition) is 4. The van der Waals surface area contributed by atoms with Crippen molar-refractivity contribution in [1.82, 2.24) is 0 Å². The zero-order valence-corrected chi connectivity index (χ0v) is 13.7. The van der Waals surface area contributed by atoms with Crippen molar-refractivity contribution in [3.8, 4) is 0 Å². The third kappa shape index (κ3) is 5.72. The molecule has 1 aromatic carbocycles. The number of hydrogen-bond donors (Lipinski definition) is 0. The molecule has 4 nitrogen and oxygen atoms in total. The van der Waals surface area contributed by atoms with Crippen molar-refractivity contribution in [3.05, 3.63) is 73.4 Å². The minimum atomic E-state index is -0.962. The van der Waals surface area contributed by atoms with Crippen LogP contribution in [0.15, 0.2) is 56.7 Å². The third-order valence-electron chi connectivity index (χ3n) is 3.37. The molecule has 0 aliphatic rings. The van der Waals surface area contributed by atoms with E-state index < -0.39 is 18.2 Å². The highest BCUT2D eigenvalue weighted by Gasteiger charge is 2.16. The molecule has 24 heavy (non-hydrogen) atoms. The molecule has 0 spiro atoms. The number of carbonyl (C=O) groups excluding carboxylic acids is 2. The highest BCUT2D eigenvalue weighted by molar-refractivity contribution is 5.83. The van der Waals surface area contributed by atoms with E-state index in [0.29, 0.717) is 12.8 Å². The second kappa shape index (κ2) is 10.0. The van der Waals surface area contributed by atoms with Crippen LogP contribution in [-0.4, -0.2) is 18.2 Å². The van der Waals surface area contributed by atoms with E-state index >= 15 is 0 Å². The van der Waals surface area contributed by atoms with Crippen LogP contribution >= 0.6 is 0 Å². The first kappa shape index (κ1) is 19.2. The molecule has 0 saturated heterocycles. The summed E-state index contributed by atoms with van der Waals surface area (Å²) < 4.78 is 10.1. The highest BCUT2D eigenvalue weighted by Crippen LogP contribution is 2.20. The number of carbonyl (C=O) groups is 2. The monoisotopic (exact) mass is 326 g/mol. The first-order valence-corrected chi connectivity index (χ1v) is 7.58. The van der Waals surface area contributed by atoms with Gasteiger partial charge in [-0.1, -0.05) is 56.7 Å². The van der Waals surface area contributed by atoms with Gasteiger partial charge in [0.15, 0.2) is 0 Å². The molecule has 0 fully saturated rings. The van der Waals surface area contributed by atoms with Crippen LogP contribution in [0, 0.1) is 0 Å². The van der Waals surface area contributed by atoms with E-state index in [9.17, 15) is 9.59 Å². The lowest BCUT2D eigenvalue weighted by atomic mass is 9.97. The van der Waals surface area contributed by atoms with Crippen molar-refractivity contribution in [2.45, 2.75) is 25.6 Å². The summed E-state index contributed by atoms with van der Waals surface area (Å²) in [5.41, 5.74) is 3.14. The van der Waals surface area contributed by atoms with Gasteiger partial charge in [-0.05, 0) is 29.5 Å². The summed E-state index contributed by atoms with van der Waals surface area (Å²) in [7, 11) is 0. The summed E-state index contributed by atoms with van der Waals surface area (Å²) in [4.78, 5) is 22.7. The number of esters is 2. The molecular formula is C20H22O4. The fourth-order valence-corrected chi connectivity index (χ4v) is 2.23. The molecule has 0 atom stereocenters. The highest BCUT2D eigenvalue weighted by atomic mass is 16.7. The zero-order valence-electron chi connectivity index (χ0n) is 13.7. The second-order valence-corrected chi connectivity index (χ2v) is 4.93. The quantitative estimate of drug-likeness (QED) is 0.369. The minimum absolute atomic E-state index is 0.369. The first-order valence-electron chi connectivity index (χ1n) is 7.58. The SMILES string of the molecule is C=CC(=O)OC(CCCc1cccc(C=C)c1C=C)OC(=O)C=C. The molecule has 0 bridgehead atoms. The van der Waals surface area contributed by atoms with Gasteiger partial charge < -0.3 is 9.47 Å². The average molecular weight is 326 g/mol. The number of aryl methyl sites for hydroxylation is 1.